The number of carbonyl (C=O) groups excluding carboxylic acids is 2. The highest BCUT2D eigenvalue weighted by atomic mass is 16.2. The average molecular weight is 329 g/mol. The molecule has 1 aliphatic heterocycles. The molecule has 2 unspecified atom stereocenters. The van der Waals surface area contributed by atoms with Crippen molar-refractivity contribution in [1.29, 1.82) is 0 Å². The van der Waals surface area contributed by atoms with Gasteiger partial charge in [-0.05, 0) is 31.3 Å². The van der Waals surface area contributed by atoms with Crippen molar-refractivity contribution in [2.24, 2.45) is 0 Å². The zero-order valence-electron chi connectivity index (χ0n) is 14.2. The number of fused-ring (bicyclic) bond motifs is 1. The minimum atomic E-state index is -0.641. The molecule has 1 N–H and O–H groups in total. The summed E-state index contributed by atoms with van der Waals surface area (Å²) in [7, 11) is 0. The molecule has 24 heavy (non-hydrogen) atoms. The van der Waals surface area contributed by atoms with Crippen LogP contribution in [0.3, 0.4) is 0 Å². The molecule has 2 amide bonds. The number of piperidine rings is 1. The molecule has 2 atom stereocenters. The molecule has 3 rings (SSSR count). The van der Waals surface area contributed by atoms with E-state index in [0.717, 1.165) is 25.0 Å². The third kappa shape index (κ3) is 2.92. The van der Waals surface area contributed by atoms with E-state index in [2.05, 4.69) is 12.2 Å². The summed E-state index contributed by atoms with van der Waals surface area (Å²) in [5.41, 5.74) is 1.29. The van der Waals surface area contributed by atoms with Crippen LogP contribution in [0.25, 0.3) is 6.08 Å². The Balaban J connectivity index is 2.13. The standard InChI is InChI=1S/C18H23N3O3/c1-3-4-8-14-19-12-7-5-6-11(2)16(12)18(24)21(14)13-9-10-15(22)20-17(13)23/h5,7,11,13H,3-4,6,8-10H2,1-2H3,(H,20,22,23). The highest BCUT2D eigenvalue weighted by Crippen LogP contribution is 2.27. The maximum atomic E-state index is 13.2. The monoisotopic (exact) mass is 329 g/mol. The Morgan fingerprint density at radius 3 is 2.83 bits per heavy atom. The van der Waals surface area contributed by atoms with E-state index in [9.17, 15) is 14.4 Å². The summed E-state index contributed by atoms with van der Waals surface area (Å²) in [4.78, 5) is 41.6. The van der Waals surface area contributed by atoms with Gasteiger partial charge in [0.05, 0.1) is 5.69 Å². The van der Waals surface area contributed by atoms with Crippen LogP contribution >= 0.6 is 0 Å². The first-order valence-electron chi connectivity index (χ1n) is 8.68. The van der Waals surface area contributed by atoms with Crippen LogP contribution in [-0.2, 0) is 16.0 Å². The van der Waals surface area contributed by atoms with Gasteiger partial charge >= 0.3 is 0 Å². The molecule has 0 bridgehead atoms. The minimum Gasteiger partial charge on any atom is -0.295 e. The fourth-order valence-corrected chi connectivity index (χ4v) is 3.46. The third-order valence-corrected chi connectivity index (χ3v) is 4.79. The van der Waals surface area contributed by atoms with Crippen LogP contribution in [0, 0.1) is 0 Å². The van der Waals surface area contributed by atoms with Crippen molar-refractivity contribution in [2.75, 3.05) is 0 Å². The number of unbranched alkanes of at least 4 members (excludes halogenated alkanes) is 1. The molecule has 6 heteroatoms. The van der Waals surface area contributed by atoms with E-state index in [0.29, 0.717) is 24.2 Å². The molecular weight excluding hydrogens is 306 g/mol. The molecule has 1 aromatic heterocycles. The Morgan fingerprint density at radius 1 is 1.33 bits per heavy atom. The first-order valence-corrected chi connectivity index (χ1v) is 8.68. The summed E-state index contributed by atoms with van der Waals surface area (Å²) in [5, 5.41) is 2.35. The lowest BCUT2D eigenvalue weighted by Gasteiger charge is -2.27. The zero-order chi connectivity index (χ0) is 17.3. The number of imide groups is 1. The van der Waals surface area contributed by atoms with Gasteiger partial charge in [-0.15, -0.1) is 0 Å². The molecule has 0 spiro atoms. The van der Waals surface area contributed by atoms with Crippen molar-refractivity contribution in [3.63, 3.8) is 0 Å². The molecule has 1 aromatic rings. The Morgan fingerprint density at radius 2 is 2.12 bits per heavy atom. The number of carbonyl (C=O) groups is 2. The SMILES string of the molecule is CCCCc1nc2c(c(=O)n1C1CCC(=O)NC1=O)C(C)CC=C2. The molecule has 0 aromatic carbocycles. The zero-order valence-corrected chi connectivity index (χ0v) is 14.2. The second kappa shape index (κ2) is 6.71. The van der Waals surface area contributed by atoms with E-state index < -0.39 is 11.9 Å². The molecule has 1 fully saturated rings. The lowest BCUT2D eigenvalue weighted by Crippen LogP contribution is -2.46. The molecule has 6 nitrogen and oxygen atoms in total. The van der Waals surface area contributed by atoms with Crippen LogP contribution in [-0.4, -0.2) is 21.4 Å². The van der Waals surface area contributed by atoms with E-state index in [1.54, 1.807) is 4.57 Å². The predicted octanol–water partition coefficient (Wildman–Crippen LogP) is 2.08. The Hall–Kier alpha value is -2.24. The smallest absolute Gasteiger partial charge is 0.258 e. The predicted molar refractivity (Wildman–Crippen MR) is 90.6 cm³/mol. The number of aromatic nitrogens is 2. The van der Waals surface area contributed by atoms with Crippen molar-refractivity contribution < 1.29 is 9.59 Å². The average Bonchev–Trinajstić information content (AvgIpc) is 2.54. The maximum Gasteiger partial charge on any atom is 0.258 e. The topological polar surface area (TPSA) is 81.1 Å². The van der Waals surface area contributed by atoms with Crippen molar-refractivity contribution >= 4 is 17.9 Å². The van der Waals surface area contributed by atoms with Crippen molar-refractivity contribution in [3.05, 3.63) is 33.5 Å². The van der Waals surface area contributed by atoms with Gasteiger partial charge in [-0.3, -0.25) is 24.3 Å². The summed E-state index contributed by atoms with van der Waals surface area (Å²) in [6.07, 6.45) is 7.89. The fraction of sp³-hybridized carbons (Fsp3) is 0.556. The number of rotatable bonds is 4. The second-order valence-electron chi connectivity index (χ2n) is 6.61. The molecule has 2 heterocycles. The molecule has 0 radical (unpaired) electrons. The fourth-order valence-electron chi connectivity index (χ4n) is 3.46. The Kier molecular flexibility index (Phi) is 4.64. The van der Waals surface area contributed by atoms with E-state index in [-0.39, 0.29) is 23.8 Å². The largest absolute Gasteiger partial charge is 0.295 e. The maximum absolute atomic E-state index is 13.2. The van der Waals surface area contributed by atoms with Gasteiger partial charge in [0.25, 0.3) is 5.56 Å². The van der Waals surface area contributed by atoms with Crippen LogP contribution in [0.5, 0.6) is 0 Å². The number of hydrogen-bond acceptors (Lipinski definition) is 4. The van der Waals surface area contributed by atoms with Gasteiger partial charge in [0.2, 0.25) is 11.8 Å². The number of hydrogen-bond donors (Lipinski definition) is 1. The molecular formula is C18H23N3O3. The Labute approximate surface area is 141 Å². The van der Waals surface area contributed by atoms with Gasteiger partial charge in [0.1, 0.15) is 11.9 Å². The van der Waals surface area contributed by atoms with Crippen LogP contribution in [0.2, 0.25) is 0 Å². The summed E-state index contributed by atoms with van der Waals surface area (Å²) in [5.74, 6) is 0.0621. The number of allylic oxidation sites excluding steroid dienone is 1. The van der Waals surface area contributed by atoms with Crippen molar-refractivity contribution in [3.8, 4) is 0 Å². The molecule has 0 saturated carbocycles. The summed E-state index contributed by atoms with van der Waals surface area (Å²) in [6.45, 7) is 4.08. The molecule has 1 aliphatic carbocycles. The third-order valence-electron chi connectivity index (χ3n) is 4.79. The number of nitrogens with one attached hydrogen (secondary N) is 1. The Bertz CT molecular complexity index is 764. The van der Waals surface area contributed by atoms with Crippen molar-refractivity contribution in [1.82, 2.24) is 14.9 Å². The highest BCUT2D eigenvalue weighted by Gasteiger charge is 2.32. The molecule has 128 valence electrons. The second-order valence-corrected chi connectivity index (χ2v) is 6.61. The van der Waals surface area contributed by atoms with Gasteiger partial charge < -0.3 is 0 Å². The van der Waals surface area contributed by atoms with E-state index in [1.165, 1.54) is 0 Å². The number of aryl methyl sites for hydroxylation is 1. The van der Waals surface area contributed by atoms with Gasteiger partial charge in [0, 0.05) is 18.4 Å². The first kappa shape index (κ1) is 16.6. The van der Waals surface area contributed by atoms with Gasteiger partial charge in [-0.2, -0.15) is 0 Å². The minimum absolute atomic E-state index is 0.0877. The normalized spacial score (nSPS) is 23.1. The summed E-state index contributed by atoms with van der Waals surface area (Å²) >= 11 is 0. The van der Waals surface area contributed by atoms with Crippen molar-refractivity contribution in [2.45, 2.75) is 64.3 Å². The van der Waals surface area contributed by atoms with E-state index >= 15 is 0 Å². The summed E-state index contributed by atoms with van der Waals surface area (Å²) < 4.78 is 1.55. The van der Waals surface area contributed by atoms with Crippen LogP contribution in [0.15, 0.2) is 10.9 Å². The number of nitrogens with zero attached hydrogens (tertiary/aromatic N) is 2. The van der Waals surface area contributed by atoms with Gasteiger partial charge in [-0.25, -0.2) is 4.98 Å². The van der Waals surface area contributed by atoms with E-state index in [1.807, 2.05) is 19.1 Å². The lowest BCUT2D eigenvalue weighted by atomic mass is 9.92. The first-order chi connectivity index (χ1) is 11.5. The summed E-state index contributed by atoms with van der Waals surface area (Å²) in [6, 6.07) is -0.641. The number of amides is 2. The van der Waals surface area contributed by atoms with Gasteiger partial charge in [0.15, 0.2) is 0 Å². The lowest BCUT2D eigenvalue weighted by molar-refractivity contribution is -0.135. The van der Waals surface area contributed by atoms with Gasteiger partial charge in [-0.1, -0.05) is 26.3 Å². The highest BCUT2D eigenvalue weighted by molar-refractivity contribution is 5.99. The van der Waals surface area contributed by atoms with Crippen LogP contribution < -0.4 is 10.9 Å². The molecule has 2 aliphatic rings. The van der Waals surface area contributed by atoms with Crippen LogP contribution in [0.1, 0.15) is 75.0 Å². The van der Waals surface area contributed by atoms with E-state index in [4.69, 9.17) is 4.98 Å². The quantitative estimate of drug-likeness (QED) is 0.858. The molecule has 1 saturated heterocycles. The van der Waals surface area contributed by atoms with Crippen LogP contribution in [0.4, 0.5) is 0 Å².